The van der Waals surface area contributed by atoms with Crippen LogP contribution in [0.2, 0.25) is 0 Å². The number of rotatable bonds is 8. The highest BCUT2D eigenvalue weighted by Crippen LogP contribution is 2.55. The Bertz CT molecular complexity index is 1210. The number of aliphatic hydroxyl groups is 1. The van der Waals surface area contributed by atoms with E-state index in [1.165, 1.54) is 15.9 Å². The molecule has 1 N–H and O–H groups in total. The van der Waals surface area contributed by atoms with E-state index in [9.17, 15) is 13.5 Å². The van der Waals surface area contributed by atoms with Gasteiger partial charge in [-0.25, -0.2) is 8.42 Å². The molecule has 4 aromatic carbocycles. The Morgan fingerprint density at radius 1 is 0.658 bits per heavy atom. The van der Waals surface area contributed by atoms with Crippen LogP contribution < -0.4 is 44.6 Å². The van der Waals surface area contributed by atoms with Crippen LogP contribution in [0.4, 0.5) is 0 Å². The second kappa shape index (κ2) is 14.8. The molecule has 38 heavy (non-hydrogen) atoms. The maximum atomic E-state index is 11.1. The lowest BCUT2D eigenvalue weighted by molar-refractivity contribution is -0.0000116. The van der Waals surface area contributed by atoms with Gasteiger partial charge in [0.25, 0.3) is 0 Å². The second-order valence-corrected chi connectivity index (χ2v) is 15.0. The van der Waals surface area contributed by atoms with Gasteiger partial charge in [0.05, 0.1) is 11.5 Å². The minimum Gasteiger partial charge on any atom is -1.00 e. The molecule has 1 saturated heterocycles. The first-order valence-electron chi connectivity index (χ1n) is 12.6. The topological polar surface area (TPSA) is 63.6 Å². The average molecular weight is 661 g/mol. The number of benzene rings is 4. The molecule has 1 fully saturated rings. The number of hydrogen-bond donors (Lipinski definition) is 1. The lowest BCUT2D eigenvalue weighted by Crippen LogP contribution is -3.00. The van der Waals surface area contributed by atoms with Gasteiger partial charge in [-0.3, -0.25) is 0 Å². The molecule has 0 radical (unpaired) electrons. The van der Waals surface area contributed by atoms with Crippen molar-refractivity contribution in [2.45, 2.75) is 18.9 Å². The molecule has 1 aliphatic heterocycles. The van der Waals surface area contributed by atoms with Gasteiger partial charge in [-0.15, -0.1) is 0 Å². The minimum atomic E-state index is -2.55. The van der Waals surface area contributed by atoms with Crippen LogP contribution in [-0.2, 0) is 9.84 Å². The molecule has 0 unspecified atom stereocenters. The van der Waals surface area contributed by atoms with E-state index in [1.54, 1.807) is 0 Å². The lowest BCUT2D eigenvalue weighted by atomic mass is 10.3. The first kappa shape index (κ1) is 30.3. The van der Waals surface area contributed by atoms with Crippen LogP contribution >= 0.6 is 7.26 Å². The van der Waals surface area contributed by atoms with Crippen LogP contribution in [0.25, 0.3) is 0 Å². The van der Waals surface area contributed by atoms with Crippen LogP contribution in [-0.4, -0.2) is 43.9 Å². The smallest absolute Gasteiger partial charge is 0.150 e. The summed E-state index contributed by atoms with van der Waals surface area (Å²) in [5.41, 5.74) is 0. The normalized spacial score (nSPS) is 14.9. The zero-order chi connectivity index (χ0) is 26.0. The Kier molecular flexibility index (Phi) is 11.8. The van der Waals surface area contributed by atoms with Crippen LogP contribution in [0.1, 0.15) is 12.8 Å². The highest BCUT2D eigenvalue weighted by atomic mass is 127. The Morgan fingerprint density at radius 2 is 1.03 bits per heavy atom. The third-order valence-electron chi connectivity index (χ3n) is 6.42. The van der Waals surface area contributed by atoms with Crippen LogP contribution in [0.3, 0.4) is 0 Å². The van der Waals surface area contributed by atoms with E-state index in [2.05, 4.69) is 72.8 Å². The molecule has 7 heteroatoms. The molecule has 0 bridgehead atoms. The van der Waals surface area contributed by atoms with Crippen molar-refractivity contribution in [1.82, 2.24) is 0 Å². The molecule has 5 rings (SSSR count). The maximum Gasteiger partial charge on any atom is 0.150 e. The van der Waals surface area contributed by atoms with Gasteiger partial charge in [-0.2, -0.15) is 0 Å². The quantitative estimate of drug-likeness (QED) is 0.231. The molecular formula is C31H34IO4PS. The van der Waals surface area contributed by atoms with Gasteiger partial charge in [-0.05, 0) is 61.4 Å². The molecule has 1 atom stereocenters. The Labute approximate surface area is 244 Å². The van der Waals surface area contributed by atoms with E-state index in [1.807, 2.05) is 48.5 Å². The highest BCUT2D eigenvalue weighted by molar-refractivity contribution is 7.95. The molecule has 0 spiro atoms. The molecule has 1 heterocycles. The summed E-state index contributed by atoms with van der Waals surface area (Å²) in [6.45, 7) is 0.262. The van der Waals surface area contributed by atoms with Crippen molar-refractivity contribution >= 4 is 33.0 Å². The molecule has 200 valence electrons. The summed E-state index contributed by atoms with van der Waals surface area (Å²) in [6, 6.07) is 41.5. The summed E-state index contributed by atoms with van der Waals surface area (Å²) in [5.74, 6) is 1.62. The summed E-state index contributed by atoms with van der Waals surface area (Å²) in [5, 5.41) is 14.9. The summed E-state index contributed by atoms with van der Waals surface area (Å²) < 4.78 is 26.8. The van der Waals surface area contributed by atoms with Crippen molar-refractivity contribution < 1.29 is 42.2 Å². The van der Waals surface area contributed by atoms with Gasteiger partial charge in [0.15, 0.2) is 0 Å². The minimum absolute atomic E-state index is 0. The summed E-state index contributed by atoms with van der Waals surface area (Å²) >= 11 is 0. The monoisotopic (exact) mass is 660 g/mol. The van der Waals surface area contributed by atoms with Gasteiger partial charge in [0.2, 0.25) is 0 Å². The summed E-state index contributed by atoms with van der Waals surface area (Å²) in [4.78, 5) is 0. The Hall–Kier alpha value is -2.25. The van der Waals surface area contributed by atoms with E-state index < -0.39 is 23.2 Å². The fraction of sp³-hybridized carbons (Fsp3) is 0.226. The summed E-state index contributed by atoms with van der Waals surface area (Å²) in [6.07, 6.45) is 1.78. The predicted molar refractivity (Wildman–Crippen MR) is 156 cm³/mol. The molecule has 0 aromatic heterocycles. The number of sulfone groups is 1. The third kappa shape index (κ3) is 8.12. The Morgan fingerprint density at radius 3 is 1.37 bits per heavy atom. The highest BCUT2D eigenvalue weighted by Gasteiger charge is 2.46. The first-order valence-corrected chi connectivity index (χ1v) is 16.4. The van der Waals surface area contributed by atoms with Gasteiger partial charge in [0, 0.05) is 0 Å². The maximum absolute atomic E-state index is 11.1. The number of aliphatic hydroxyl groups excluding tert-OH is 1. The lowest BCUT2D eigenvalue weighted by Gasteiger charge is -2.29. The van der Waals surface area contributed by atoms with Crippen molar-refractivity contribution in [2.24, 2.45) is 0 Å². The zero-order valence-corrected chi connectivity index (χ0v) is 25.1. The van der Waals surface area contributed by atoms with Crippen LogP contribution in [0.15, 0.2) is 121 Å². The number of halogens is 1. The second-order valence-electron chi connectivity index (χ2n) is 9.14. The molecule has 4 aromatic rings. The molecule has 0 saturated carbocycles. The van der Waals surface area contributed by atoms with E-state index in [0.29, 0.717) is 17.7 Å². The van der Waals surface area contributed by atoms with Crippen LogP contribution in [0.5, 0.6) is 5.75 Å². The SMILES string of the molecule is O=S1(=O)CCCC1.O[C@@H](COc1ccccc1)C[P+](c1ccccc1)(c1ccccc1)c1ccccc1.[I-]. The average Bonchev–Trinajstić information content (AvgIpc) is 3.36. The molecule has 0 amide bonds. The van der Waals surface area contributed by atoms with Gasteiger partial charge >= 0.3 is 0 Å². The predicted octanol–water partition coefficient (Wildman–Crippen LogP) is 1.62. The van der Waals surface area contributed by atoms with Crippen molar-refractivity contribution in [1.29, 1.82) is 0 Å². The standard InChI is InChI=1S/C27H26O2P.C4H8O2S.HI/c28-23(21-29-24-13-5-1-6-14-24)22-30(25-15-7-2-8-16-25,26-17-9-3-10-18-26)27-19-11-4-12-20-27;5-7(6)3-1-2-4-7;/h1-20,23,28H,21-22H2;1-4H2;1H/q+1;;/p-1/t23-;;/m0../s1. The van der Waals surface area contributed by atoms with E-state index in [0.717, 1.165) is 18.6 Å². The largest absolute Gasteiger partial charge is 1.00 e. The molecule has 1 aliphatic rings. The number of para-hydroxylation sites is 1. The summed E-state index contributed by atoms with van der Waals surface area (Å²) in [7, 11) is -4.61. The van der Waals surface area contributed by atoms with Crippen molar-refractivity contribution in [2.75, 3.05) is 24.3 Å². The van der Waals surface area contributed by atoms with Crippen molar-refractivity contribution in [3.63, 3.8) is 0 Å². The molecular weight excluding hydrogens is 626 g/mol. The number of ether oxygens (including phenoxy) is 1. The Balaban J connectivity index is 0.000000435. The third-order valence-corrected chi connectivity index (χ3v) is 12.8. The molecule has 4 nitrogen and oxygen atoms in total. The van der Waals surface area contributed by atoms with Crippen LogP contribution in [0, 0.1) is 0 Å². The van der Waals surface area contributed by atoms with E-state index in [4.69, 9.17) is 4.74 Å². The number of hydrogen-bond acceptors (Lipinski definition) is 4. The fourth-order valence-corrected chi connectivity index (χ4v) is 10.4. The van der Waals surface area contributed by atoms with E-state index in [-0.39, 0.29) is 30.6 Å². The van der Waals surface area contributed by atoms with E-state index >= 15 is 0 Å². The first-order chi connectivity index (χ1) is 18.0. The van der Waals surface area contributed by atoms with Crippen molar-refractivity contribution in [3.8, 4) is 5.75 Å². The van der Waals surface area contributed by atoms with Crippen molar-refractivity contribution in [3.05, 3.63) is 121 Å². The molecule has 0 aliphatic carbocycles. The fourth-order valence-electron chi connectivity index (χ4n) is 4.63. The zero-order valence-electron chi connectivity index (χ0n) is 21.3. The van der Waals surface area contributed by atoms with Gasteiger partial charge < -0.3 is 33.8 Å². The van der Waals surface area contributed by atoms with Gasteiger partial charge in [-0.1, -0.05) is 72.8 Å². The van der Waals surface area contributed by atoms with Gasteiger partial charge in [0.1, 0.15) is 57.6 Å².